The topological polar surface area (TPSA) is 110 Å². The minimum Gasteiger partial charge on any atom is -0.342 e. The molecule has 8 heteroatoms. The number of H-pyrrole nitrogens is 1. The van der Waals surface area contributed by atoms with Gasteiger partial charge in [0.05, 0.1) is 6.54 Å². The number of hydrogen-bond donors (Lipinski definition) is 2. The molecular weight excluding hydrogens is 236 g/mol. The number of aromatic amines is 1. The molecule has 2 N–H and O–H groups in total. The van der Waals surface area contributed by atoms with Crippen LogP contribution in [-0.2, 0) is 13.0 Å². The Hall–Kier alpha value is -2.25. The van der Waals surface area contributed by atoms with E-state index in [1.807, 2.05) is 6.92 Å². The van der Waals surface area contributed by atoms with Crippen molar-refractivity contribution in [2.45, 2.75) is 33.2 Å². The van der Waals surface area contributed by atoms with Crippen LogP contribution in [0.5, 0.6) is 0 Å². The molecular formula is C10H14N6O2. The molecule has 0 aliphatic carbocycles. The summed E-state index contributed by atoms with van der Waals surface area (Å²) in [5.41, 5.74) is 0. The maximum absolute atomic E-state index is 11.7. The highest BCUT2D eigenvalue weighted by molar-refractivity contribution is 5.90. The van der Waals surface area contributed by atoms with E-state index >= 15 is 0 Å². The van der Waals surface area contributed by atoms with Crippen LogP contribution in [0.1, 0.15) is 41.5 Å². The molecule has 2 aromatic heterocycles. The number of amides is 1. The highest BCUT2D eigenvalue weighted by Gasteiger charge is 2.13. The molecule has 8 nitrogen and oxygen atoms in total. The number of nitrogens with zero attached hydrogens (tertiary/aromatic N) is 4. The molecule has 0 fully saturated rings. The molecule has 0 saturated carbocycles. The summed E-state index contributed by atoms with van der Waals surface area (Å²) in [6.07, 6.45) is 1.71. The summed E-state index contributed by atoms with van der Waals surface area (Å²) in [4.78, 5) is 19.7. The average Bonchev–Trinajstić information content (AvgIpc) is 2.96. The summed E-state index contributed by atoms with van der Waals surface area (Å²) in [5, 5.41) is 12.8. The molecule has 96 valence electrons. The van der Waals surface area contributed by atoms with E-state index in [9.17, 15) is 4.79 Å². The molecule has 2 heterocycles. The van der Waals surface area contributed by atoms with E-state index in [4.69, 9.17) is 4.52 Å². The summed E-state index contributed by atoms with van der Waals surface area (Å²) in [6.45, 7) is 3.90. The van der Waals surface area contributed by atoms with E-state index < -0.39 is 0 Å². The largest absolute Gasteiger partial charge is 0.342 e. The van der Waals surface area contributed by atoms with Gasteiger partial charge >= 0.3 is 0 Å². The minimum atomic E-state index is -0.365. The summed E-state index contributed by atoms with van der Waals surface area (Å²) < 4.78 is 4.79. The first-order valence-electron chi connectivity index (χ1n) is 5.67. The molecule has 0 bridgehead atoms. The highest BCUT2D eigenvalue weighted by atomic mass is 16.5. The van der Waals surface area contributed by atoms with Gasteiger partial charge in [0, 0.05) is 13.3 Å². The fourth-order valence-corrected chi connectivity index (χ4v) is 1.40. The minimum absolute atomic E-state index is 0.124. The van der Waals surface area contributed by atoms with Gasteiger partial charge in [0.25, 0.3) is 5.91 Å². The third kappa shape index (κ3) is 2.90. The number of hydrogen-bond acceptors (Lipinski definition) is 6. The van der Waals surface area contributed by atoms with Crippen LogP contribution in [0.15, 0.2) is 4.52 Å². The molecule has 0 saturated heterocycles. The third-order valence-corrected chi connectivity index (χ3v) is 2.20. The lowest BCUT2D eigenvalue weighted by Crippen LogP contribution is -2.24. The van der Waals surface area contributed by atoms with E-state index in [1.165, 1.54) is 0 Å². The Labute approximate surface area is 103 Å². The van der Waals surface area contributed by atoms with Gasteiger partial charge in [-0.05, 0) is 6.42 Å². The Bertz CT molecular complexity index is 532. The van der Waals surface area contributed by atoms with Gasteiger partial charge in [-0.3, -0.25) is 9.89 Å². The quantitative estimate of drug-likeness (QED) is 0.793. The first-order chi connectivity index (χ1) is 8.69. The van der Waals surface area contributed by atoms with Gasteiger partial charge in [-0.1, -0.05) is 12.1 Å². The summed E-state index contributed by atoms with van der Waals surface area (Å²) in [6, 6.07) is 0. The normalized spacial score (nSPS) is 10.6. The van der Waals surface area contributed by atoms with Crippen molar-refractivity contribution in [2.75, 3.05) is 0 Å². The van der Waals surface area contributed by atoms with Crippen molar-refractivity contribution in [3.63, 3.8) is 0 Å². The number of aromatic nitrogens is 5. The van der Waals surface area contributed by atoms with Crippen molar-refractivity contribution >= 4 is 5.91 Å². The molecule has 2 aromatic rings. The lowest BCUT2D eigenvalue weighted by Gasteiger charge is -1.96. The van der Waals surface area contributed by atoms with E-state index in [-0.39, 0.29) is 18.3 Å². The third-order valence-electron chi connectivity index (χ3n) is 2.20. The smallest absolute Gasteiger partial charge is 0.291 e. The monoisotopic (exact) mass is 250 g/mol. The molecule has 1 amide bonds. The van der Waals surface area contributed by atoms with E-state index in [0.717, 1.165) is 12.8 Å². The van der Waals surface area contributed by atoms with Gasteiger partial charge in [-0.25, -0.2) is 4.98 Å². The van der Waals surface area contributed by atoms with Gasteiger partial charge in [-0.15, -0.1) is 5.10 Å². The Morgan fingerprint density at radius 2 is 2.28 bits per heavy atom. The molecule has 0 aromatic carbocycles. The van der Waals surface area contributed by atoms with Crippen molar-refractivity contribution in [1.82, 2.24) is 30.6 Å². The fourth-order valence-electron chi connectivity index (χ4n) is 1.40. The molecule has 0 spiro atoms. The number of rotatable bonds is 5. The average molecular weight is 250 g/mol. The Kier molecular flexibility index (Phi) is 3.66. The van der Waals surface area contributed by atoms with Gasteiger partial charge in [0.1, 0.15) is 5.82 Å². The van der Waals surface area contributed by atoms with Crippen LogP contribution in [0.4, 0.5) is 0 Å². The van der Waals surface area contributed by atoms with E-state index in [0.29, 0.717) is 17.5 Å². The van der Waals surface area contributed by atoms with Crippen LogP contribution in [0.3, 0.4) is 0 Å². The first kappa shape index (κ1) is 12.2. The molecule has 0 radical (unpaired) electrons. The maximum atomic E-state index is 11.7. The summed E-state index contributed by atoms with van der Waals surface area (Å²) >= 11 is 0. The molecule has 2 rings (SSSR count). The van der Waals surface area contributed by atoms with Crippen molar-refractivity contribution in [3.8, 4) is 0 Å². The number of nitrogens with one attached hydrogen (secondary N) is 2. The molecule has 0 atom stereocenters. The van der Waals surface area contributed by atoms with E-state index in [2.05, 4.69) is 30.6 Å². The Morgan fingerprint density at radius 3 is 2.94 bits per heavy atom. The standard InChI is InChI=1S/C10H14N6O2/c1-3-4-7-13-9(15-14-7)10(17)11-5-8-12-6(2)18-16-8/h3-5H2,1-2H3,(H,11,17)(H,13,14,15). The number of aryl methyl sites for hydroxylation is 2. The lowest BCUT2D eigenvalue weighted by molar-refractivity contribution is 0.0939. The highest BCUT2D eigenvalue weighted by Crippen LogP contribution is 1.98. The first-order valence-corrected chi connectivity index (χ1v) is 5.67. The molecule has 0 aliphatic heterocycles. The van der Waals surface area contributed by atoms with Gasteiger partial charge in [0.15, 0.2) is 5.82 Å². The fraction of sp³-hybridized carbons (Fsp3) is 0.500. The second-order valence-electron chi connectivity index (χ2n) is 3.77. The second-order valence-corrected chi connectivity index (χ2v) is 3.77. The van der Waals surface area contributed by atoms with Crippen LogP contribution in [0, 0.1) is 6.92 Å². The van der Waals surface area contributed by atoms with Crippen LogP contribution < -0.4 is 5.32 Å². The van der Waals surface area contributed by atoms with Crippen LogP contribution in [0.2, 0.25) is 0 Å². The molecule has 18 heavy (non-hydrogen) atoms. The summed E-state index contributed by atoms with van der Waals surface area (Å²) in [5.74, 6) is 1.35. The predicted octanol–water partition coefficient (Wildman–Crippen LogP) is 0.379. The Morgan fingerprint density at radius 1 is 1.44 bits per heavy atom. The zero-order valence-corrected chi connectivity index (χ0v) is 10.2. The second kappa shape index (κ2) is 5.39. The van der Waals surface area contributed by atoms with Crippen LogP contribution in [0.25, 0.3) is 0 Å². The van der Waals surface area contributed by atoms with Crippen LogP contribution >= 0.6 is 0 Å². The van der Waals surface area contributed by atoms with Gasteiger partial charge < -0.3 is 9.84 Å². The van der Waals surface area contributed by atoms with Crippen molar-refractivity contribution in [3.05, 3.63) is 23.4 Å². The van der Waals surface area contributed by atoms with Gasteiger partial charge in [-0.2, -0.15) is 4.98 Å². The lowest BCUT2D eigenvalue weighted by atomic mass is 10.3. The van der Waals surface area contributed by atoms with Crippen molar-refractivity contribution < 1.29 is 9.32 Å². The van der Waals surface area contributed by atoms with Crippen molar-refractivity contribution in [1.29, 1.82) is 0 Å². The zero-order valence-electron chi connectivity index (χ0n) is 10.2. The maximum Gasteiger partial charge on any atom is 0.291 e. The summed E-state index contributed by atoms with van der Waals surface area (Å²) in [7, 11) is 0. The predicted molar refractivity (Wildman–Crippen MR) is 60.6 cm³/mol. The number of carbonyl (C=O) groups excluding carboxylic acids is 1. The van der Waals surface area contributed by atoms with E-state index in [1.54, 1.807) is 6.92 Å². The number of carbonyl (C=O) groups is 1. The van der Waals surface area contributed by atoms with Crippen molar-refractivity contribution in [2.24, 2.45) is 0 Å². The Balaban J connectivity index is 1.90. The molecule has 0 unspecified atom stereocenters. The SMILES string of the molecule is CCCc1nc(C(=O)NCc2noc(C)n2)n[nH]1. The van der Waals surface area contributed by atoms with Gasteiger partial charge in [0.2, 0.25) is 11.7 Å². The van der Waals surface area contributed by atoms with Crippen LogP contribution in [-0.4, -0.2) is 31.2 Å². The molecule has 0 aliphatic rings. The zero-order chi connectivity index (χ0) is 13.0.